The van der Waals surface area contributed by atoms with Gasteiger partial charge in [0.05, 0.1) is 0 Å². The summed E-state index contributed by atoms with van der Waals surface area (Å²) in [4.78, 5) is 0. The molecule has 0 saturated heterocycles. The fourth-order valence-electron chi connectivity index (χ4n) is 2.00. The number of aryl methyl sites for hydroxylation is 1. The van der Waals surface area contributed by atoms with E-state index in [0.29, 0.717) is 0 Å². The second-order valence-corrected chi connectivity index (χ2v) is 13.0. The zero-order valence-corrected chi connectivity index (χ0v) is 14.7. The minimum Gasteiger partial charge on any atom is -0.413 e. The summed E-state index contributed by atoms with van der Waals surface area (Å²) in [7, 11) is -1.25. The van der Waals surface area contributed by atoms with Crippen molar-refractivity contribution in [2.24, 2.45) is 0 Å². The van der Waals surface area contributed by atoms with Gasteiger partial charge in [0.25, 0.3) is 0 Å². The molecule has 0 bridgehead atoms. The van der Waals surface area contributed by atoms with E-state index >= 15 is 0 Å². The highest BCUT2D eigenvalue weighted by Crippen LogP contribution is 2.18. The maximum Gasteiger partial charge on any atom is 0.526 e. The van der Waals surface area contributed by atoms with Crippen molar-refractivity contribution in [2.75, 3.05) is 14.2 Å². The second kappa shape index (κ2) is 6.15. The van der Waals surface area contributed by atoms with Gasteiger partial charge in [-0.15, -0.1) is 0 Å². The van der Waals surface area contributed by atoms with Crippen LogP contribution in [0.25, 0.3) is 6.08 Å². The summed E-state index contributed by atoms with van der Waals surface area (Å²) in [6, 6.07) is 6.13. The Labute approximate surface area is 118 Å². The van der Waals surface area contributed by atoms with Gasteiger partial charge in [-0.05, 0) is 37.7 Å². The maximum atomic E-state index is 6.27. The van der Waals surface area contributed by atoms with Gasteiger partial charge in [0, 0.05) is 19.4 Å². The van der Waals surface area contributed by atoms with E-state index < -0.39 is 17.1 Å². The van der Waals surface area contributed by atoms with E-state index in [4.69, 9.17) is 13.0 Å². The SMILES string of the molecule is C=Cc1ccc([Si](OC)(OC)O[Si](C)(C)C)c(C)c1. The average molecular weight is 297 g/mol. The molecule has 3 nitrogen and oxygen atoms in total. The molecule has 0 spiro atoms. The summed E-state index contributed by atoms with van der Waals surface area (Å²) in [5.74, 6) is 0. The molecule has 0 aliphatic carbocycles. The third-order valence-electron chi connectivity index (χ3n) is 2.79. The predicted molar refractivity (Wildman–Crippen MR) is 85.1 cm³/mol. The van der Waals surface area contributed by atoms with Gasteiger partial charge in [0.2, 0.25) is 0 Å². The van der Waals surface area contributed by atoms with Crippen molar-refractivity contribution in [1.29, 1.82) is 0 Å². The average Bonchev–Trinajstić information content (AvgIpc) is 2.35. The van der Waals surface area contributed by atoms with Crippen LogP contribution in [0.1, 0.15) is 11.1 Å². The standard InChI is InChI=1S/C14H24O3Si2/c1-8-13-9-10-14(12(2)11-13)19(15-3,16-4)17-18(5,6)7/h8-11H,1H2,2-7H3. The third kappa shape index (κ3) is 3.87. The first-order valence-electron chi connectivity index (χ1n) is 6.32. The molecule has 0 unspecified atom stereocenters. The Morgan fingerprint density at radius 1 is 1.11 bits per heavy atom. The van der Waals surface area contributed by atoms with Crippen LogP contribution in [0.4, 0.5) is 0 Å². The van der Waals surface area contributed by atoms with E-state index in [1.165, 1.54) is 0 Å². The van der Waals surface area contributed by atoms with Crippen molar-refractivity contribution >= 4 is 28.4 Å². The number of hydrogen-bond donors (Lipinski definition) is 0. The van der Waals surface area contributed by atoms with Gasteiger partial charge in [-0.25, -0.2) is 0 Å². The fraction of sp³-hybridized carbons (Fsp3) is 0.429. The molecule has 0 saturated carbocycles. The second-order valence-electron chi connectivity index (χ2n) is 5.46. The Kier molecular flexibility index (Phi) is 5.29. The zero-order chi connectivity index (χ0) is 14.7. The summed E-state index contributed by atoms with van der Waals surface area (Å²) in [5, 5.41) is 1.03. The highest BCUT2D eigenvalue weighted by atomic mass is 28.5. The highest BCUT2D eigenvalue weighted by molar-refractivity contribution is 6.86. The van der Waals surface area contributed by atoms with Crippen molar-refractivity contribution in [3.63, 3.8) is 0 Å². The Bertz CT molecular complexity index is 448. The first-order valence-corrected chi connectivity index (χ1v) is 11.5. The molecule has 0 amide bonds. The molecule has 106 valence electrons. The molecule has 0 radical (unpaired) electrons. The van der Waals surface area contributed by atoms with Gasteiger partial charge >= 0.3 is 8.80 Å². The molecule has 1 rings (SSSR count). The van der Waals surface area contributed by atoms with Crippen LogP contribution in [0.5, 0.6) is 0 Å². The van der Waals surface area contributed by atoms with E-state index in [1.54, 1.807) is 14.2 Å². The van der Waals surface area contributed by atoms with Gasteiger partial charge in [-0.3, -0.25) is 0 Å². The smallest absolute Gasteiger partial charge is 0.413 e. The molecular weight excluding hydrogens is 272 g/mol. The summed E-state index contributed by atoms with van der Waals surface area (Å²) in [5.41, 5.74) is 2.20. The van der Waals surface area contributed by atoms with Crippen LogP contribution in [0.2, 0.25) is 19.6 Å². The van der Waals surface area contributed by atoms with Gasteiger partial charge in [-0.2, -0.15) is 0 Å². The van der Waals surface area contributed by atoms with Crippen LogP contribution in [-0.2, 0) is 13.0 Å². The van der Waals surface area contributed by atoms with Crippen LogP contribution in [0.3, 0.4) is 0 Å². The number of hydrogen-bond acceptors (Lipinski definition) is 3. The molecule has 0 aromatic heterocycles. The predicted octanol–water partition coefficient (Wildman–Crippen LogP) is 2.93. The quantitative estimate of drug-likeness (QED) is 0.756. The van der Waals surface area contributed by atoms with E-state index in [9.17, 15) is 0 Å². The minimum absolute atomic E-state index is 1.03. The van der Waals surface area contributed by atoms with Crippen LogP contribution < -0.4 is 5.19 Å². The molecule has 0 aliphatic rings. The first-order chi connectivity index (χ1) is 8.78. The van der Waals surface area contributed by atoms with Gasteiger partial charge in [0.15, 0.2) is 8.32 Å². The van der Waals surface area contributed by atoms with E-state index in [0.717, 1.165) is 16.3 Å². The molecule has 1 aromatic rings. The van der Waals surface area contributed by atoms with Gasteiger partial charge < -0.3 is 13.0 Å². The highest BCUT2D eigenvalue weighted by Gasteiger charge is 2.46. The molecule has 0 fully saturated rings. The summed E-state index contributed by atoms with van der Waals surface area (Å²) in [6.45, 7) is 12.3. The van der Waals surface area contributed by atoms with Crippen molar-refractivity contribution < 1.29 is 13.0 Å². The molecule has 0 atom stereocenters. The molecule has 0 heterocycles. The fourth-order valence-corrected chi connectivity index (χ4v) is 7.78. The lowest BCUT2D eigenvalue weighted by atomic mass is 10.1. The van der Waals surface area contributed by atoms with Gasteiger partial charge in [0.1, 0.15) is 0 Å². The lowest BCUT2D eigenvalue weighted by molar-refractivity contribution is 0.175. The van der Waals surface area contributed by atoms with Crippen LogP contribution in [-0.4, -0.2) is 31.3 Å². The zero-order valence-electron chi connectivity index (χ0n) is 12.7. The van der Waals surface area contributed by atoms with Gasteiger partial charge in [-0.1, -0.05) is 30.9 Å². The summed E-state index contributed by atoms with van der Waals surface area (Å²) >= 11 is 0. The Balaban J connectivity index is 3.29. The van der Waals surface area contributed by atoms with E-state index in [-0.39, 0.29) is 0 Å². The molecule has 1 aromatic carbocycles. The lowest BCUT2D eigenvalue weighted by Crippen LogP contribution is -2.60. The molecular formula is C14H24O3Si2. The van der Waals surface area contributed by atoms with E-state index in [1.807, 2.05) is 18.2 Å². The van der Waals surface area contributed by atoms with Crippen molar-refractivity contribution in [1.82, 2.24) is 0 Å². The topological polar surface area (TPSA) is 27.7 Å². The van der Waals surface area contributed by atoms with Crippen LogP contribution in [0, 0.1) is 6.92 Å². The van der Waals surface area contributed by atoms with Crippen molar-refractivity contribution in [3.8, 4) is 0 Å². The van der Waals surface area contributed by atoms with Crippen molar-refractivity contribution in [2.45, 2.75) is 26.6 Å². The minimum atomic E-state index is -2.81. The third-order valence-corrected chi connectivity index (χ3v) is 8.61. The maximum absolute atomic E-state index is 6.27. The van der Waals surface area contributed by atoms with E-state index in [2.05, 4.69) is 39.2 Å². The van der Waals surface area contributed by atoms with Crippen LogP contribution in [0.15, 0.2) is 24.8 Å². The monoisotopic (exact) mass is 296 g/mol. The normalized spacial score (nSPS) is 12.5. The van der Waals surface area contributed by atoms with Crippen molar-refractivity contribution in [3.05, 3.63) is 35.9 Å². The summed E-state index contributed by atoms with van der Waals surface area (Å²) < 4.78 is 17.7. The number of benzene rings is 1. The molecule has 19 heavy (non-hydrogen) atoms. The summed E-state index contributed by atoms with van der Waals surface area (Å²) in [6.07, 6.45) is 1.83. The lowest BCUT2D eigenvalue weighted by Gasteiger charge is -2.34. The molecule has 0 N–H and O–H groups in total. The Hall–Kier alpha value is -0.726. The first kappa shape index (κ1) is 16.3. The van der Waals surface area contributed by atoms with Crippen LogP contribution >= 0.6 is 0 Å². The number of rotatable bonds is 6. The Morgan fingerprint density at radius 2 is 1.68 bits per heavy atom. The molecule has 0 aliphatic heterocycles. The largest absolute Gasteiger partial charge is 0.526 e. The molecule has 5 heteroatoms. The Morgan fingerprint density at radius 3 is 2.05 bits per heavy atom.